The Labute approximate surface area is 196 Å². The van der Waals surface area contributed by atoms with E-state index in [4.69, 9.17) is 9.47 Å². The predicted octanol–water partition coefficient (Wildman–Crippen LogP) is 8.61. The van der Waals surface area contributed by atoms with Gasteiger partial charge in [-0.25, -0.2) is 0 Å². The molecule has 0 N–H and O–H groups in total. The Balaban J connectivity index is 1.32. The summed E-state index contributed by atoms with van der Waals surface area (Å²) in [5, 5.41) is 0. The number of hydrogen-bond donors (Lipinski definition) is 0. The molecule has 2 rings (SSSR count). The second-order valence-electron chi connectivity index (χ2n) is 8.45. The highest BCUT2D eigenvalue weighted by Gasteiger charge is 2.00. The molecule has 0 radical (unpaired) electrons. The summed E-state index contributed by atoms with van der Waals surface area (Å²) in [6, 6.07) is 16.6. The van der Waals surface area contributed by atoms with E-state index >= 15 is 0 Å². The van der Waals surface area contributed by atoms with Crippen LogP contribution in [0, 0.1) is 0 Å². The van der Waals surface area contributed by atoms with E-state index in [-0.39, 0.29) is 0 Å². The molecule has 2 aromatic carbocycles. The zero-order valence-electron chi connectivity index (χ0n) is 19.9. The highest BCUT2D eigenvalue weighted by molar-refractivity contribution is 5.52. The van der Waals surface area contributed by atoms with Gasteiger partial charge >= 0.3 is 0 Å². The van der Waals surface area contributed by atoms with Gasteiger partial charge in [-0.2, -0.15) is 0 Å². The van der Waals surface area contributed by atoms with Crippen molar-refractivity contribution in [2.75, 3.05) is 13.2 Å². The molecule has 0 aliphatic carbocycles. The highest BCUT2D eigenvalue weighted by atomic mass is 16.5. The van der Waals surface area contributed by atoms with Crippen LogP contribution in [0.5, 0.6) is 0 Å². The summed E-state index contributed by atoms with van der Waals surface area (Å²) in [6.45, 7) is 10.8. The lowest BCUT2D eigenvalue weighted by Gasteiger charge is -2.08. The van der Waals surface area contributed by atoms with Crippen molar-refractivity contribution >= 4 is 12.2 Å². The van der Waals surface area contributed by atoms with E-state index in [2.05, 4.69) is 49.6 Å². The summed E-state index contributed by atoms with van der Waals surface area (Å²) in [4.78, 5) is 0. The van der Waals surface area contributed by atoms with Crippen LogP contribution in [0.1, 0.15) is 86.5 Å². The van der Waals surface area contributed by atoms with Crippen LogP contribution in [0.2, 0.25) is 0 Å². The van der Waals surface area contributed by atoms with Gasteiger partial charge < -0.3 is 9.47 Å². The lowest BCUT2D eigenvalue weighted by Crippen LogP contribution is -1.97. The van der Waals surface area contributed by atoms with Gasteiger partial charge in [0.15, 0.2) is 0 Å². The van der Waals surface area contributed by atoms with Crippen molar-refractivity contribution in [1.29, 1.82) is 0 Å². The van der Waals surface area contributed by atoms with Gasteiger partial charge in [0, 0.05) is 13.2 Å². The van der Waals surface area contributed by atoms with Gasteiger partial charge in [-0.1, -0.05) is 125 Å². The number of unbranched alkanes of at least 4 members (excludes halogenated alkanes) is 9. The van der Waals surface area contributed by atoms with Gasteiger partial charge in [-0.15, -0.1) is 0 Å². The van der Waals surface area contributed by atoms with E-state index in [0.29, 0.717) is 13.2 Å². The molecule has 0 saturated carbocycles. The number of benzene rings is 2. The first-order chi connectivity index (χ1) is 15.8. The SMILES string of the molecule is C=Cc1ccccc1COCCCCCCCCCCCCOCc1ccccc1C=C. The molecule has 0 aliphatic rings. The van der Waals surface area contributed by atoms with Crippen LogP contribution in [0.15, 0.2) is 61.7 Å². The molecule has 2 nitrogen and oxygen atoms in total. The zero-order valence-corrected chi connectivity index (χ0v) is 19.9. The minimum atomic E-state index is 0.690. The molecule has 0 unspecified atom stereocenters. The fourth-order valence-electron chi connectivity index (χ4n) is 3.92. The molecule has 174 valence electrons. The molecular weight excluding hydrogens is 392 g/mol. The molecule has 2 heteroatoms. The molecule has 0 saturated heterocycles. The largest absolute Gasteiger partial charge is 0.377 e. The summed E-state index contributed by atoms with van der Waals surface area (Å²) in [5.74, 6) is 0. The zero-order chi connectivity index (χ0) is 22.7. The fraction of sp³-hybridized carbons (Fsp3) is 0.467. The third-order valence-corrected chi connectivity index (χ3v) is 5.89. The quantitative estimate of drug-likeness (QED) is 0.206. The van der Waals surface area contributed by atoms with Crippen LogP contribution < -0.4 is 0 Å². The van der Waals surface area contributed by atoms with E-state index in [1.54, 1.807) is 0 Å². The number of rotatable bonds is 19. The van der Waals surface area contributed by atoms with Gasteiger partial charge in [-0.3, -0.25) is 0 Å². The molecule has 0 aliphatic heterocycles. The number of ether oxygens (including phenoxy) is 2. The maximum absolute atomic E-state index is 5.84. The van der Waals surface area contributed by atoms with Gasteiger partial charge in [-0.05, 0) is 35.1 Å². The van der Waals surface area contributed by atoms with Gasteiger partial charge in [0.05, 0.1) is 13.2 Å². The molecule has 2 aromatic rings. The van der Waals surface area contributed by atoms with Gasteiger partial charge in [0.25, 0.3) is 0 Å². The first-order valence-corrected chi connectivity index (χ1v) is 12.4. The Morgan fingerprint density at radius 2 is 0.844 bits per heavy atom. The highest BCUT2D eigenvalue weighted by Crippen LogP contribution is 2.14. The average Bonchev–Trinajstić information content (AvgIpc) is 2.84. The summed E-state index contributed by atoms with van der Waals surface area (Å²) >= 11 is 0. The molecule has 0 heterocycles. The Bertz CT molecular complexity index is 699. The van der Waals surface area contributed by atoms with Crippen LogP contribution in [-0.2, 0) is 22.7 Å². The molecule has 0 amide bonds. The summed E-state index contributed by atoms with van der Waals surface area (Å²) in [7, 11) is 0. The van der Waals surface area contributed by atoms with Crippen molar-refractivity contribution in [3.05, 3.63) is 83.9 Å². The normalized spacial score (nSPS) is 10.9. The maximum atomic E-state index is 5.84. The van der Waals surface area contributed by atoms with Crippen molar-refractivity contribution in [3.63, 3.8) is 0 Å². The summed E-state index contributed by atoms with van der Waals surface area (Å²) in [5.41, 5.74) is 4.81. The van der Waals surface area contributed by atoms with Gasteiger partial charge in [0.2, 0.25) is 0 Å². The van der Waals surface area contributed by atoms with Crippen LogP contribution in [0.3, 0.4) is 0 Å². The lowest BCUT2D eigenvalue weighted by atomic mass is 10.1. The smallest absolute Gasteiger partial charge is 0.0722 e. The van der Waals surface area contributed by atoms with Crippen molar-refractivity contribution in [2.45, 2.75) is 77.4 Å². The molecule has 0 bridgehead atoms. The first-order valence-electron chi connectivity index (χ1n) is 12.4. The minimum Gasteiger partial charge on any atom is -0.377 e. The summed E-state index contributed by atoms with van der Waals surface area (Å²) < 4.78 is 11.7. The second-order valence-corrected chi connectivity index (χ2v) is 8.45. The third kappa shape index (κ3) is 10.9. The van der Waals surface area contributed by atoms with Crippen molar-refractivity contribution in [3.8, 4) is 0 Å². The molecule has 32 heavy (non-hydrogen) atoms. The minimum absolute atomic E-state index is 0.690. The molecule has 0 aromatic heterocycles. The van der Waals surface area contributed by atoms with E-state index in [1.165, 1.54) is 73.6 Å². The van der Waals surface area contributed by atoms with Crippen molar-refractivity contribution < 1.29 is 9.47 Å². The first kappa shape index (κ1) is 26.1. The van der Waals surface area contributed by atoms with Crippen LogP contribution in [-0.4, -0.2) is 13.2 Å². The molecule has 0 spiro atoms. The summed E-state index contributed by atoms with van der Waals surface area (Å²) in [6.07, 6.45) is 16.8. The topological polar surface area (TPSA) is 18.5 Å². The fourth-order valence-corrected chi connectivity index (χ4v) is 3.92. The van der Waals surface area contributed by atoms with Crippen LogP contribution in [0.4, 0.5) is 0 Å². The van der Waals surface area contributed by atoms with Crippen molar-refractivity contribution in [2.24, 2.45) is 0 Å². The van der Waals surface area contributed by atoms with E-state index in [1.807, 2.05) is 24.3 Å². The maximum Gasteiger partial charge on any atom is 0.0722 e. The Kier molecular flexibility index (Phi) is 14.2. The Morgan fingerprint density at radius 3 is 1.22 bits per heavy atom. The molecular formula is C30H42O2. The van der Waals surface area contributed by atoms with Crippen molar-refractivity contribution in [1.82, 2.24) is 0 Å². The van der Waals surface area contributed by atoms with E-state index < -0.39 is 0 Å². The number of hydrogen-bond acceptors (Lipinski definition) is 2. The van der Waals surface area contributed by atoms with E-state index in [0.717, 1.165) is 26.1 Å². The average molecular weight is 435 g/mol. The van der Waals surface area contributed by atoms with Crippen LogP contribution in [0.25, 0.3) is 12.2 Å². The molecule has 0 fully saturated rings. The standard InChI is InChI=1S/C30H42O2/c1-3-27-19-13-15-21-29(27)25-31-23-17-11-9-7-5-6-8-10-12-18-24-32-26-30-22-16-14-20-28(30)4-2/h3-4,13-16,19-22H,1-2,5-12,17-18,23-26H2. The predicted molar refractivity (Wildman–Crippen MR) is 139 cm³/mol. The lowest BCUT2D eigenvalue weighted by molar-refractivity contribution is 0.116. The van der Waals surface area contributed by atoms with Gasteiger partial charge in [0.1, 0.15) is 0 Å². The Morgan fingerprint density at radius 1 is 0.500 bits per heavy atom. The van der Waals surface area contributed by atoms with Crippen LogP contribution >= 0.6 is 0 Å². The third-order valence-electron chi connectivity index (χ3n) is 5.89. The Hall–Kier alpha value is -2.16. The van der Waals surface area contributed by atoms with E-state index in [9.17, 15) is 0 Å². The monoisotopic (exact) mass is 434 g/mol. The molecule has 0 atom stereocenters. The second kappa shape index (κ2) is 17.4.